The van der Waals surface area contributed by atoms with Gasteiger partial charge in [-0.05, 0) is 47.4 Å². The first-order chi connectivity index (χ1) is 10.6. The van der Waals surface area contributed by atoms with Crippen molar-refractivity contribution in [1.29, 1.82) is 0 Å². The molecule has 0 bridgehead atoms. The monoisotopic (exact) mass is 296 g/mol. The Morgan fingerprint density at radius 3 is 2.50 bits per heavy atom. The van der Waals surface area contributed by atoms with Crippen LogP contribution in [-0.2, 0) is 4.79 Å². The van der Waals surface area contributed by atoms with E-state index in [0.29, 0.717) is 11.7 Å². The summed E-state index contributed by atoms with van der Waals surface area (Å²) in [6.45, 7) is 4.19. The van der Waals surface area contributed by atoms with Crippen LogP contribution in [0.3, 0.4) is 0 Å². The summed E-state index contributed by atoms with van der Waals surface area (Å²) in [5.41, 5.74) is 8.20. The zero-order valence-corrected chi connectivity index (χ0v) is 12.8. The van der Waals surface area contributed by atoms with E-state index in [9.17, 15) is 4.79 Å². The van der Waals surface area contributed by atoms with Crippen molar-refractivity contribution in [2.45, 2.75) is 19.8 Å². The van der Waals surface area contributed by atoms with Gasteiger partial charge in [0.05, 0.1) is 5.69 Å². The zero-order valence-electron chi connectivity index (χ0n) is 12.8. The average molecular weight is 296 g/mol. The van der Waals surface area contributed by atoms with Gasteiger partial charge in [-0.15, -0.1) is 0 Å². The first-order valence-electron chi connectivity index (χ1n) is 7.20. The Labute approximate surface area is 130 Å². The van der Waals surface area contributed by atoms with Crippen LogP contribution in [0.5, 0.6) is 5.75 Å². The number of carbonyl (C=O) groups excluding carboxylic acids is 1. The number of carbonyl (C=O) groups is 1. The van der Waals surface area contributed by atoms with Crippen LogP contribution in [0.15, 0.2) is 53.5 Å². The van der Waals surface area contributed by atoms with Crippen molar-refractivity contribution in [2.75, 3.05) is 6.61 Å². The normalized spacial score (nSPS) is 11.0. The van der Waals surface area contributed by atoms with Gasteiger partial charge in [0, 0.05) is 6.21 Å². The van der Waals surface area contributed by atoms with Crippen LogP contribution in [0.4, 0.5) is 5.69 Å². The number of rotatable bonds is 6. The Morgan fingerprint density at radius 1 is 1.18 bits per heavy atom. The van der Waals surface area contributed by atoms with E-state index in [2.05, 4.69) is 24.9 Å². The molecule has 2 N–H and O–H groups in total. The molecule has 1 amide bonds. The molecule has 2 rings (SSSR count). The number of primary amides is 1. The topological polar surface area (TPSA) is 64.7 Å². The lowest BCUT2D eigenvalue weighted by molar-refractivity contribution is -0.119. The molecule has 0 spiro atoms. The minimum atomic E-state index is -0.490. The van der Waals surface area contributed by atoms with Crippen molar-refractivity contribution in [3.05, 3.63) is 59.7 Å². The molecule has 0 aromatic heterocycles. The second kappa shape index (κ2) is 7.41. The third-order valence-corrected chi connectivity index (χ3v) is 3.17. The van der Waals surface area contributed by atoms with Crippen LogP contribution >= 0.6 is 0 Å². The summed E-state index contributed by atoms with van der Waals surface area (Å²) >= 11 is 0. The van der Waals surface area contributed by atoms with Gasteiger partial charge in [0.2, 0.25) is 0 Å². The van der Waals surface area contributed by atoms with Crippen molar-refractivity contribution in [2.24, 2.45) is 10.7 Å². The van der Waals surface area contributed by atoms with E-state index in [-0.39, 0.29) is 6.61 Å². The van der Waals surface area contributed by atoms with E-state index in [0.717, 1.165) is 11.3 Å². The van der Waals surface area contributed by atoms with Crippen LogP contribution < -0.4 is 10.5 Å². The second-order valence-electron chi connectivity index (χ2n) is 5.30. The predicted octanol–water partition coefficient (Wildman–Crippen LogP) is 3.42. The standard InChI is InChI=1S/C18H20N2O2/c1-13(2)16-5-3-4-6-17(16)20-11-14-7-9-15(10-8-14)22-12-18(19)21/h3-11,13H,12H2,1-2H3,(H2,19,21). The first kappa shape index (κ1) is 15.8. The van der Waals surface area contributed by atoms with Crippen LogP contribution in [0.2, 0.25) is 0 Å². The molecule has 0 radical (unpaired) electrons. The van der Waals surface area contributed by atoms with E-state index in [1.807, 2.05) is 36.5 Å². The van der Waals surface area contributed by atoms with Crippen LogP contribution in [0, 0.1) is 0 Å². The first-order valence-corrected chi connectivity index (χ1v) is 7.20. The Morgan fingerprint density at radius 2 is 1.86 bits per heavy atom. The molecule has 2 aromatic carbocycles. The van der Waals surface area contributed by atoms with Gasteiger partial charge in [-0.1, -0.05) is 32.0 Å². The molecule has 0 unspecified atom stereocenters. The Kier molecular flexibility index (Phi) is 5.31. The van der Waals surface area contributed by atoms with Gasteiger partial charge in [0.1, 0.15) is 5.75 Å². The van der Waals surface area contributed by atoms with Gasteiger partial charge >= 0.3 is 0 Å². The van der Waals surface area contributed by atoms with Gasteiger partial charge in [0.15, 0.2) is 6.61 Å². The third kappa shape index (κ3) is 4.45. The molecule has 0 aliphatic rings. The Bertz CT molecular complexity index is 661. The van der Waals surface area contributed by atoms with E-state index in [1.54, 1.807) is 12.1 Å². The van der Waals surface area contributed by atoms with Crippen molar-refractivity contribution >= 4 is 17.8 Å². The van der Waals surface area contributed by atoms with Gasteiger partial charge < -0.3 is 10.5 Å². The van der Waals surface area contributed by atoms with Crippen molar-refractivity contribution < 1.29 is 9.53 Å². The summed E-state index contributed by atoms with van der Waals surface area (Å²) < 4.78 is 5.22. The molecular formula is C18H20N2O2. The highest BCUT2D eigenvalue weighted by Gasteiger charge is 2.03. The summed E-state index contributed by atoms with van der Waals surface area (Å²) in [4.78, 5) is 15.2. The van der Waals surface area contributed by atoms with E-state index in [4.69, 9.17) is 10.5 Å². The summed E-state index contributed by atoms with van der Waals surface area (Å²) in [6, 6.07) is 15.5. The lowest BCUT2D eigenvalue weighted by Crippen LogP contribution is -2.19. The van der Waals surface area contributed by atoms with Gasteiger partial charge in [-0.25, -0.2) is 0 Å². The smallest absolute Gasteiger partial charge is 0.255 e. The van der Waals surface area contributed by atoms with Crippen LogP contribution in [0.25, 0.3) is 0 Å². The van der Waals surface area contributed by atoms with Crippen molar-refractivity contribution in [3.63, 3.8) is 0 Å². The molecular weight excluding hydrogens is 276 g/mol. The van der Waals surface area contributed by atoms with Gasteiger partial charge in [-0.2, -0.15) is 0 Å². The van der Waals surface area contributed by atoms with Crippen molar-refractivity contribution in [1.82, 2.24) is 0 Å². The molecule has 2 aromatic rings. The molecule has 0 aliphatic heterocycles. The second-order valence-corrected chi connectivity index (χ2v) is 5.30. The van der Waals surface area contributed by atoms with Crippen molar-refractivity contribution in [3.8, 4) is 5.75 Å². The molecule has 4 heteroatoms. The molecule has 22 heavy (non-hydrogen) atoms. The predicted molar refractivity (Wildman–Crippen MR) is 88.9 cm³/mol. The lowest BCUT2D eigenvalue weighted by Gasteiger charge is -2.08. The third-order valence-electron chi connectivity index (χ3n) is 3.17. The largest absolute Gasteiger partial charge is 0.484 e. The maximum Gasteiger partial charge on any atom is 0.255 e. The minimum Gasteiger partial charge on any atom is -0.484 e. The summed E-state index contributed by atoms with van der Waals surface area (Å²) in [7, 11) is 0. The average Bonchev–Trinajstić information content (AvgIpc) is 2.52. The quantitative estimate of drug-likeness (QED) is 0.830. The molecule has 114 valence electrons. The summed E-state index contributed by atoms with van der Waals surface area (Å²) in [6.07, 6.45) is 1.82. The molecule has 0 aliphatic carbocycles. The summed E-state index contributed by atoms with van der Waals surface area (Å²) in [5, 5.41) is 0. The number of hydrogen-bond donors (Lipinski definition) is 1. The Hall–Kier alpha value is -2.62. The fourth-order valence-corrected chi connectivity index (χ4v) is 2.04. The van der Waals surface area contributed by atoms with E-state index < -0.39 is 5.91 Å². The zero-order chi connectivity index (χ0) is 15.9. The summed E-state index contributed by atoms with van der Waals surface area (Å²) in [5.74, 6) is 0.549. The van der Waals surface area contributed by atoms with Crippen LogP contribution in [0.1, 0.15) is 30.9 Å². The van der Waals surface area contributed by atoms with Gasteiger partial charge in [-0.3, -0.25) is 9.79 Å². The number of nitrogens with zero attached hydrogens (tertiary/aromatic N) is 1. The molecule has 0 saturated heterocycles. The lowest BCUT2D eigenvalue weighted by atomic mass is 10.0. The highest BCUT2D eigenvalue weighted by atomic mass is 16.5. The fourth-order valence-electron chi connectivity index (χ4n) is 2.04. The Balaban J connectivity index is 2.09. The number of nitrogens with two attached hydrogens (primary N) is 1. The number of benzene rings is 2. The van der Waals surface area contributed by atoms with Gasteiger partial charge in [0.25, 0.3) is 5.91 Å². The van der Waals surface area contributed by atoms with E-state index >= 15 is 0 Å². The van der Waals surface area contributed by atoms with E-state index in [1.165, 1.54) is 5.56 Å². The highest BCUT2D eigenvalue weighted by molar-refractivity contribution is 5.82. The molecule has 0 atom stereocenters. The number of amides is 1. The molecule has 0 heterocycles. The number of aliphatic imine (C=N–C) groups is 1. The SMILES string of the molecule is CC(C)c1ccccc1N=Cc1ccc(OCC(N)=O)cc1. The van der Waals surface area contributed by atoms with Crippen LogP contribution in [-0.4, -0.2) is 18.7 Å². The molecule has 0 saturated carbocycles. The minimum absolute atomic E-state index is 0.116. The number of hydrogen-bond acceptors (Lipinski definition) is 3. The maximum atomic E-state index is 10.7. The maximum absolute atomic E-state index is 10.7. The molecule has 0 fully saturated rings. The highest BCUT2D eigenvalue weighted by Crippen LogP contribution is 2.26. The number of para-hydroxylation sites is 1. The molecule has 4 nitrogen and oxygen atoms in total. The number of ether oxygens (including phenoxy) is 1. The fraction of sp³-hybridized carbons (Fsp3) is 0.222.